The highest BCUT2D eigenvalue weighted by Crippen LogP contribution is 2.27. The summed E-state index contributed by atoms with van der Waals surface area (Å²) in [4.78, 5) is 15.6. The first-order valence-corrected chi connectivity index (χ1v) is 7.19. The maximum Gasteiger partial charge on any atom is 0.325 e. The predicted octanol–water partition coefficient (Wildman–Crippen LogP) is 2.58. The van der Waals surface area contributed by atoms with Crippen molar-refractivity contribution < 1.29 is 9.90 Å². The quantitative estimate of drug-likeness (QED) is 0.931. The lowest BCUT2D eigenvalue weighted by atomic mass is 9.95. The summed E-state index contributed by atoms with van der Waals surface area (Å²) in [7, 11) is 1.94. The molecule has 1 atom stereocenters. The molecule has 1 fully saturated rings. The minimum Gasteiger partial charge on any atom is -0.480 e. The van der Waals surface area contributed by atoms with Crippen LogP contribution in [0.5, 0.6) is 0 Å². The Kier molecular flexibility index (Phi) is 4.59. The van der Waals surface area contributed by atoms with Crippen molar-refractivity contribution in [3.63, 3.8) is 0 Å². The topological polar surface area (TPSA) is 43.8 Å². The van der Waals surface area contributed by atoms with E-state index in [2.05, 4.69) is 0 Å². The fourth-order valence-corrected chi connectivity index (χ4v) is 3.02. The van der Waals surface area contributed by atoms with Crippen LogP contribution in [-0.4, -0.2) is 53.1 Å². The number of halogens is 2. The van der Waals surface area contributed by atoms with Gasteiger partial charge in [0, 0.05) is 36.2 Å². The highest BCUT2D eigenvalue weighted by atomic mass is 35.5. The van der Waals surface area contributed by atoms with Crippen molar-refractivity contribution >= 4 is 29.2 Å². The molecule has 1 aliphatic heterocycles. The number of nitrogens with zero attached hydrogens (tertiary/aromatic N) is 2. The number of hydrogen-bond acceptors (Lipinski definition) is 3. The Hall–Kier alpha value is -0.810. The third-order valence-electron chi connectivity index (χ3n) is 3.86. The summed E-state index contributed by atoms with van der Waals surface area (Å²) in [5.74, 6) is -0.811. The number of carboxylic acid groups (broad SMARTS) is 1. The molecule has 0 saturated carbocycles. The minimum absolute atomic E-state index is 0.494. The van der Waals surface area contributed by atoms with Crippen LogP contribution in [0.2, 0.25) is 10.0 Å². The van der Waals surface area contributed by atoms with E-state index in [1.54, 1.807) is 19.1 Å². The van der Waals surface area contributed by atoms with Gasteiger partial charge in [-0.3, -0.25) is 9.69 Å². The molecule has 2 rings (SSSR count). The highest BCUT2D eigenvalue weighted by molar-refractivity contribution is 6.35. The Balaban J connectivity index is 2.24. The molecule has 0 radical (unpaired) electrons. The van der Waals surface area contributed by atoms with Gasteiger partial charge >= 0.3 is 5.97 Å². The number of rotatable bonds is 3. The third kappa shape index (κ3) is 3.09. The molecule has 0 aromatic heterocycles. The average molecular weight is 317 g/mol. The van der Waals surface area contributed by atoms with Gasteiger partial charge in [0.2, 0.25) is 0 Å². The van der Waals surface area contributed by atoms with E-state index in [0.717, 1.165) is 12.1 Å². The number of carboxylic acids is 1. The van der Waals surface area contributed by atoms with Crippen LogP contribution in [0, 0.1) is 0 Å². The monoisotopic (exact) mass is 316 g/mol. The Labute approximate surface area is 128 Å². The molecule has 6 heteroatoms. The second kappa shape index (κ2) is 5.90. The van der Waals surface area contributed by atoms with Crippen molar-refractivity contribution in [1.29, 1.82) is 0 Å². The molecule has 1 aromatic rings. The molecule has 1 unspecified atom stereocenters. The predicted molar refractivity (Wildman–Crippen MR) is 80.4 cm³/mol. The molecule has 1 saturated heterocycles. The first-order chi connectivity index (χ1) is 9.33. The van der Waals surface area contributed by atoms with Crippen LogP contribution in [0.15, 0.2) is 18.2 Å². The van der Waals surface area contributed by atoms with Crippen LogP contribution in [0.1, 0.15) is 12.5 Å². The van der Waals surface area contributed by atoms with Crippen LogP contribution < -0.4 is 0 Å². The van der Waals surface area contributed by atoms with Gasteiger partial charge in [0.15, 0.2) is 0 Å². The third-order valence-corrected chi connectivity index (χ3v) is 4.45. The first kappa shape index (κ1) is 15.6. The van der Waals surface area contributed by atoms with Gasteiger partial charge in [-0.05, 0) is 31.7 Å². The van der Waals surface area contributed by atoms with Gasteiger partial charge in [-0.2, -0.15) is 0 Å². The molecular weight excluding hydrogens is 299 g/mol. The first-order valence-electron chi connectivity index (χ1n) is 6.44. The lowest BCUT2D eigenvalue weighted by molar-refractivity contribution is -0.155. The number of likely N-dealkylation sites (N-methyl/N-ethyl adjacent to an activating group) is 1. The Morgan fingerprint density at radius 3 is 2.70 bits per heavy atom. The zero-order valence-corrected chi connectivity index (χ0v) is 13.1. The van der Waals surface area contributed by atoms with Crippen molar-refractivity contribution in [2.75, 3.05) is 26.7 Å². The summed E-state index contributed by atoms with van der Waals surface area (Å²) in [6.45, 7) is 4.29. The SMILES string of the molecule is CN1CCN(Cc2ccc(Cl)cc2Cl)C(C)(C(=O)O)C1. The Morgan fingerprint density at radius 2 is 2.10 bits per heavy atom. The van der Waals surface area contributed by atoms with Crippen molar-refractivity contribution in [2.24, 2.45) is 0 Å². The van der Waals surface area contributed by atoms with Gasteiger partial charge < -0.3 is 10.0 Å². The van der Waals surface area contributed by atoms with Gasteiger partial charge in [-0.25, -0.2) is 0 Å². The van der Waals surface area contributed by atoms with Gasteiger partial charge in [-0.1, -0.05) is 29.3 Å². The molecule has 1 aliphatic rings. The summed E-state index contributed by atoms with van der Waals surface area (Å²) in [5, 5.41) is 10.7. The van der Waals surface area contributed by atoms with E-state index in [4.69, 9.17) is 23.2 Å². The molecule has 0 spiro atoms. The van der Waals surface area contributed by atoms with Gasteiger partial charge in [0.05, 0.1) is 0 Å². The number of aliphatic carboxylic acids is 1. The van der Waals surface area contributed by atoms with Crippen LogP contribution in [0.4, 0.5) is 0 Å². The second-order valence-corrected chi connectivity index (χ2v) is 6.32. The minimum atomic E-state index is -0.907. The fourth-order valence-electron chi connectivity index (χ4n) is 2.55. The summed E-state index contributed by atoms with van der Waals surface area (Å²) >= 11 is 12.1. The largest absolute Gasteiger partial charge is 0.480 e. The Bertz CT molecular complexity index is 524. The maximum absolute atomic E-state index is 11.6. The zero-order valence-electron chi connectivity index (χ0n) is 11.6. The molecule has 1 heterocycles. The number of benzene rings is 1. The van der Waals surface area contributed by atoms with E-state index in [-0.39, 0.29) is 0 Å². The average Bonchev–Trinajstić information content (AvgIpc) is 2.35. The molecule has 0 bridgehead atoms. The number of carbonyl (C=O) groups is 1. The van der Waals surface area contributed by atoms with E-state index in [9.17, 15) is 9.90 Å². The summed E-state index contributed by atoms with van der Waals surface area (Å²) in [6.07, 6.45) is 0. The van der Waals surface area contributed by atoms with Crippen LogP contribution >= 0.6 is 23.2 Å². The van der Waals surface area contributed by atoms with Crippen molar-refractivity contribution in [3.8, 4) is 0 Å². The summed E-state index contributed by atoms with van der Waals surface area (Å²) in [5.41, 5.74) is -0.0104. The van der Waals surface area contributed by atoms with Crippen molar-refractivity contribution in [2.45, 2.75) is 19.0 Å². The smallest absolute Gasteiger partial charge is 0.325 e. The summed E-state index contributed by atoms with van der Waals surface area (Å²) < 4.78 is 0. The highest BCUT2D eigenvalue weighted by Gasteiger charge is 2.43. The van der Waals surface area contributed by atoms with E-state index < -0.39 is 11.5 Å². The van der Waals surface area contributed by atoms with Gasteiger partial charge in [0.25, 0.3) is 0 Å². The lowest BCUT2D eigenvalue weighted by Gasteiger charge is -2.45. The molecule has 4 nitrogen and oxygen atoms in total. The van der Waals surface area contributed by atoms with E-state index in [0.29, 0.717) is 29.7 Å². The van der Waals surface area contributed by atoms with E-state index in [1.807, 2.05) is 22.9 Å². The molecular formula is C14H18Cl2N2O2. The maximum atomic E-state index is 11.6. The van der Waals surface area contributed by atoms with Crippen molar-refractivity contribution in [3.05, 3.63) is 33.8 Å². The standard InChI is InChI=1S/C14H18Cl2N2O2/c1-14(13(19)20)9-17(2)5-6-18(14)8-10-3-4-11(15)7-12(10)16/h3-4,7H,5-6,8-9H2,1-2H3,(H,19,20). The van der Waals surface area contributed by atoms with Gasteiger partial charge in [-0.15, -0.1) is 0 Å². The molecule has 0 aliphatic carbocycles. The molecule has 1 aromatic carbocycles. The zero-order chi connectivity index (χ0) is 14.9. The van der Waals surface area contributed by atoms with Gasteiger partial charge in [0.1, 0.15) is 5.54 Å². The number of piperazine rings is 1. The summed E-state index contributed by atoms with van der Waals surface area (Å²) in [6, 6.07) is 5.31. The lowest BCUT2D eigenvalue weighted by Crippen LogP contribution is -2.63. The Morgan fingerprint density at radius 1 is 1.40 bits per heavy atom. The second-order valence-electron chi connectivity index (χ2n) is 5.47. The van der Waals surface area contributed by atoms with E-state index >= 15 is 0 Å². The van der Waals surface area contributed by atoms with E-state index in [1.165, 1.54) is 0 Å². The normalized spacial score (nSPS) is 24.8. The van der Waals surface area contributed by atoms with Crippen LogP contribution in [0.3, 0.4) is 0 Å². The van der Waals surface area contributed by atoms with Crippen LogP contribution in [0.25, 0.3) is 0 Å². The number of hydrogen-bond donors (Lipinski definition) is 1. The van der Waals surface area contributed by atoms with Crippen molar-refractivity contribution in [1.82, 2.24) is 9.80 Å². The van der Waals surface area contributed by atoms with Crippen LogP contribution in [-0.2, 0) is 11.3 Å². The molecule has 1 N–H and O–H groups in total. The fraction of sp³-hybridized carbons (Fsp3) is 0.500. The molecule has 0 amide bonds. The molecule has 20 heavy (non-hydrogen) atoms. The molecule has 110 valence electrons.